The Labute approximate surface area is 139 Å². The number of hydrogen-bond donors (Lipinski definition) is 1. The third-order valence-corrected chi connectivity index (χ3v) is 4.30. The van der Waals surface area contributed by atoms with Gasteiger partial charge >= 0.3 is 0 Å². The van der Waals surface area contributed by atoms with E-state index in [2.05, 4.69) is 5.48 Å². The van der Waals surface area contributed by atoms with Gasteiger partial charge in [-0.1, -0.05) is 23.2 Å². The summed E-state index contributed by atoms with van der Waals surface area (Å²) in [6.45, 7) is 3.20. The van der Waals surface area contributed by atoms with Crippen LogP contribution in [0, 0.1) is 5.92 Å². The lowest BCUT2D eigenvalue weighted by Gasteiger charge is -2.32. The Morgan fingerprint density at radius 2 is 2.14 bits per heavy atom. The van der Waals surface area contributed by atoms with E-state index < -0.39 is 0 Å². The first-order valence-electron chi connectivity index (χ1n) is 7.19. The molecule has 1 aliphatic heterocycles. The van der Waals surface area contributed by atoms with Gasteiger partial charge in [0.1, 0.15) is 0 Å². The van der Waals surface area contributed by atoms with Crippen molar-refractivity contribution in [1.82, 2.24) is 10.4 Å². The van der Waals surface area contributed by atoms with Crippen LogP contribution >= 0.6 is 23.2 Å². The van der Waals surface area contributed by atoms with Gasteiger partial charge in [-0.25, -0.2) is 5.48 Å². The number of rotatable bonds is 4. The Kier molecular flexibility index (Phi) is 6.06. The number of benzene rings is 1. The van der Waals surface area contributed by atoms with Crippen LogP contribution in [-0.2, 0) is 9.63 Å². The first-order valence-corrected chi connectivity index (χ1v) is 7.94. The molecule has 0 radical (unpaired) electrons. The van der Waals surface area contributed by atoms with Gasteiger partial charge in [-0.3, -0.25) is 14.4 Å². The Morgan fingerprint density at radius 3 is 2.82 bits per heavy atom. The predicted octanol–water partition coefficient (Wildman–Crippen LogP) is 2.91. The number of nitrogens with one attached hydrogen (secondary N) is 1. The van der Waals surface area contributed by atoms with Gasteiger partial charge in [-0.2, -0.15) is 0 Å². The molecule has 1 aromatic rings. The molecule has 0 aliphatic carbocycles. The number of nitrogens with zero attached hydrogens (tertiary/aromatic N) is 1. The summed E-state index contributed by atoms with van der Waals surface area (Å²) in [5.74, 6) is -0.590. The number of hydrogen-bond acceptors (Lipinski definition) is 3. The van der Waals surface area contributed by atoms with Crippen molar-refractivity contribution < 1.29 is 14.4 Å². The second kappa shape index (κ2) is 7.81. The number of piperidine rings is 1. The topological polar surface area (TPSA) is 58.6 Å². The summed E-state index contributed by atoms with van der Waals surface area (Å²) in [4.78, 5) is 31.0. The number of amides is 2. The highest BCUT2D eigenvalue weighted by atomic mass is 35.5. The normalized spacial score (nSPS) is 18.1. The summed E-state index contributed by atoms with van der Waals surface area (Å²) in [7, 11) is 0. The molecule has 0 saturated carbocycles. The quantitative estimate of drug-likeness (QED) is 0.854. The maximum atomic E-state index is 12.5. The molecule has 1 atom stereocenters. The molecule has 0 bridgehead atoms. The van der Waals surface area contributed by atoms with Crippen LogP contribution in [0.2, 0.25) is 10.0 Å². The fourth-order valence-corrected chi connectivity index (χ4v) is 2.71. The van der Waals surface area contributed by atoms with Crippen LogP contribution in [0.1, 0.15) is 30.1 Å². The molecule has 2 rings (SSSR count). The smallest absolute Gasteiger partial charge is 0.253 e. The molecule has 1 N–H and O–H groups in total. The molecule has 1 heterocycles. The number of likely N-dealkylation sites (tertiary alicyclic amines) is 1. The van der Waals surface area contributed by atoms with Gasteiger partial charge in [-0.15, -0.1) is 0 Å². The lowest BCUT2D eigenvalue weighted by Crippen LogP contribution is -2.45. The van der Waals surface area contributed by atoms with Crippen molar-refractivity contribution in [3.63, 3.8) is 0 Å². The van der Waals surface area contributed by atoms with Gasteiger partial charge in [0.25, 0.3) is 5.91 Å². The number of halogens is 2. The van der Waals surface area contributed by atoms with Crippen molar-refractivity contribution in [3.8, 4) is 0 Å². The number of hydroxylamine groups is 1. The lowest BCUT2D eigenvalue weighted by atomic mass is 9.97. The van der Waals surface area contributed by atoms with Crippen molar-refractivity contribution in [1.29, 1.82) is 0 Å². The van der Waals surface area contributed by atoms with Crippen LogP contribution in [0.4, 0.5) is 0 Å². The fourth-order valence-electron chi connectivity index (χ4n) is 2.41. The van der Waals surface area contributed by atoms with Crippen LogP contribution in [0.25, 0.3) is 0 Å². The summed E-state index contributed by atoms with van der Waals surface area (Å²) in [6, 6.07) is 4.79. The molecular weight excluding hydrogens is 327 g/mol. The van der Waals surface area contributed by atoms with E-state index in [-0.39, 0.29) is 17.7 Å². The van der Waals surface area contributed by atoms with E-state index in [4.69, 9.17) is 28.0 Å². The van der Waals surface area contributed by atoms with Crippen molar-refractivity contribution in [3.05, 3.63) is 33.8 Å². The zero-order chi connectivity index (χ0) is 16.1. The molecule has 0 spiro atoms. The third kappa shape index (κ3) is 4.12. The highest BCUT2D eigenvalue weighted by Crippen LogP contribution is 2.25. The second-order valence-electron chi connectivity index (χ2n) is 5.12. The molecule has 5 nitrogen and oxygen atoms in total. The van der Waals surface area contributed by atoms with Crippen LogP contribution in [-0.4, -0.2) is 36.4 Å². The lowest BCUT2D eigenvalue weighted by molar-refractivity contribution is -0.138. The maximum Gasteiger partial charge on any atom is 0.253 e. The minimum absolute atomic E-state index is 0.146. The zero-order valence-electron chi connectivity index (χ0n) is 12.3. The van der Waals surface area contributed by atoms with Crippen LogP contribution in [0.3, 0.4) is 0 Å². The van der Waals surface area contributed by atoms with E-state index >= 15 is 0 Å². The van der Waals surface area contributed by atoms with E-state index in [0.717, 1.165) is 12.8 Å². The molecular formula is C15H18Cl2N2O3. The van der Waals surface area contributed by atoms with Gasteiger partial charge in [0.15, 0.2) is 0 Å². The van der Waals surface area contributed by atoms with Crippen LogP contribution in [0.15, 0.2) is 18.2 Å². The van der Waals surface area contributed by atoms with E-state index in [1.165, 1.54) is 0 Å². The standard InChI is InChI=1S/C15H18Cl2N2O3/c1-2-22-18-14(20)11-4-3-7-19(9-11)15(21)10-5-6-12(16)13(17)8-10/h5-6,8,11H,2-4,7,9H2,1H3,(H,18,20). The van der Waals surface area contributed by atoms with Crippen molar-refractivity contribution >= 4 is 35.0 Å². The van der Waals surface area contributed by atoms with Gasteiger partial charge in [0.05, 0.1) is 22.6 Å². The first kappa shape index (κ1) is 17.1. The summed E-state index contributed by atoms with van der Waals surface area (Å²) in [5, 5.41) is 0.751. The van der Waals surface area contributed by atoms with Gasteiger partial charge in [-0.05, 0) is 38.0 Å². The average molecular weight is 345 g/mol. The molecule has 1 aromatic carbocycles. The molecule has 1 saturated heterocycles. The molecule has 120 valence electrons. The Balaban J connectivity index is 2.03. The number of carbonyl (C=O) groups excluding carboxylic acids is 2. The minimum Gasteiger partial charge on any atom is -0.338 e. The fraction of sp³-hybridized carbons (Fsp3) is 0.467. The predicted molar refractivity (Wildman–Crippen MR) is 84.9 cm³/mol. The largest absolute Gasteiger partial charge is 0.338 e. The summed E-state index contributed by atoms with van der Waals surface area (Å²) >= 11 is 11.8. The third-order valence-electron chi connectivity index (χ3n) is 3.56. The summed E-state index contributed by atoms with van der Waals surface area (Å²) < 4.78 is 0. The first-order chi connectivity index (χ1) is 10.5. The minimum atomic E-state index is -0.257. The van der Waals surface area contributed by atoms with E-state index in [1.54, 1.807) is 30.0 Å². The van der Waals surface area contributed by atoms with Gasteiger partial charge in [0.2, 0.25) is 5.91 Å². The van der Waals surface area contributed by atoms with E-state index in [0.29, 0.717) is 35.3 Å². The van der Waals surface area contributed by atoms with Crippen molar-refractivity contribution in [2.75, 3.05) is 19.7 Å². The SMILES string of the molecule is CCONC(=O)C1CCCN(C(=O)c2ccc(Cl)c(Cl)c2)C1. The van der Waals surface area contributed by atoms with Crippen LogP contribution in [0.5, 0.6) is 0 Å². The summed E-state index contributed by atoms with van der Waals surface area (Å²) in [6.07, 6.45) is 1.52. The highest BCUT2D eigenvalue weighted by molar-refractivity contribution is 6.42. The summed E-state index contributed by atoms with van der Waals surface area (Å²) in [5.41, 5.74) is 2.87. The Morgan fingerprint density at radius 1 is 1.36 bits per heavy atom. The number of carbonyl (C=O) groups is 2. The molecule has 0 aromatic heterocycles. The average Bonchev–Trinajstić information content (AvgIpc) is 2.54. The van der Waals surface area contributed by atoms with Crippen molar-refractivity contribution in [2.24, 2.45) is 5.92 Å². The monoisotopic (exact) mass is 344 g/mol. The van der Waals surface area contributed by atoms with E-state index in [9.17, 15) is 9.59 Å². The second-order valence-corrected chi connectivity index (χ2v) is 5.93. The van der Waals surface area contributed by atoms with E-state index in [1.807, 2.05) is 0 Å². The maximum absolute atomic E-state index is 12.5. The molecule has 1 unspecified atom stereocenters. The Hall–Kier alpha value is -1.30. The molecule has 1 fully saturated rings. The molecule has 22 heavy (non-hydrogen) atoms. The Bertz CT molecular complexity index is 566. The van der Waals surface area contributed by atoms with Crippen LogP contribution < -0.4 is 5.48 Å². The van der Waals surface area contributed by atoms with Gasteiger partial charge in [0, 0.05) is 18.7 Å². The zero-order valence-corrected chi connectivity index (χ0v) is 13.8. The molecule has 2 amide bonds. The van der Waals surface area contributed by atoms with Gasteiger partial charge < -0.3 is 4.90 Å². The van der Waals surface area contributed by atoms with Crippen molar-refractivity contribution in [2.45, 2.75) is 19.8 Å². The highest BCUT2D eigenvalue weighted by Gasteiger charge is 2.29. The molecule has 1 aliphatic rings. The molecule has 7 heteroatoms.